The summed E-state index contributed by atoms with van der Waals surface area (Å²) in [5.41, 5.74) is 7.91. The molecule has 0 radical (unpaired) electrons. The number of carbonyl (C=O) groups excluding carboxylic acids is 2. The molecule has 130 valence electrons. The summed E-state index contributed by atoms with van der Waals surface area (Å²) in [5.74, 6) is 1.08. The van der Waals surface area contributed by atoms with Gasteiger partial charge in [-0.2, -0.15) is 0 Å². The van der Waals surface area contributed by atoms with E-state index in [0.717, 1.165) is 37.8 Å². The normalized spacial score (nSPS) is 29.8. The number of anilines is 1. The number of fused-ring (bicyclic) bond motifs is 1. The Morgan fingerprint density at radius 1 is 1.17 bits per heavy atom. The van der Waals surface area contributed by atoms with E-state index in [1.807, 2.05) is 12.1 Å². The Balaban J connectivity index is 1.61. The number of carbonyl (C=O) groups is 2. The average molecular weight is 329 g/mol. The highest BCUT2D eigenvalue weighted by Gasteiger charge is 2.42. The molecule has 4 unspecified atom stereocenters. The van der Waals surface area contributed by atoms with Crippen LogP contribution in [0.2, 0.25) is 0 Å². The van der Waals surface area contributed by atoms with Gasteiger partial charge in [-0.25, -0.2) is 0 Å². The van der Waals surface area contributed by atoms with Crippen LogP contribution in [0.15, 0.2) is 24.3 Å². The third-order valence-electron chi connectivity index (χ3n) is 5.76. The van der Waals surface area contributed by atoms with Gasteiger partial charge in [0.1, 0.15) is 5.78 Å². The van der Waals surface area contributed by atoms with Gasteiger partial charge < -0.3 is 10.5 Å². The fourth-order valence-corrected chi connectivity index (χ4v) is 4.51. The lowest BCUT2D eigenvalue weighted by molar-refractivity contribution is -0.148. The fourth-order valence-electron chi connectivity index (χ4n) is 4.51. The van der Waals surface area contributed by atoms with Crippen molar-refractivity contribution in [3.8, 4) is 0 Å². The summed E-state index contributed by atoms with van der Waals surface area (Å²) in [6, 6.07) is 8.16. The predicted molar refractivity (Wildman–Crippen MR) is 93.4 cm³/mol. The molecule has 4 nitrogen and oxygen atoms in total. The molecule has 0 aliphatic heterocycles. The van der Waals surface area contributed by atoms with Crippen molar-refractivity contribution in [2.45, 2.75) is 51.4 Å². The second-order valence-corrected chi connectivity index (χ2v) is 7.23. The van der Waals surface area contributed by atoms with E-state index in [2.05, 4.69) is 12.1 Å². The molecule has 0 bridgehead atoms. The van der Waals surface area contributed by atoms with Gasteiger partial charge in [-0.15, -0.1) is 0 Å². The number of hydrogen-bond acceptors (Lipinski definition) is 4. The van der Waals surface area contributed by atoms with Crippen LogP contribution in [0.1, 0.15) is 56.9 Å². The summed E-state index contributed by atoms with van der Waals surface area (Å²) in [6.07, 6.45) is 5.20. The predicted octanol–water partition coefficient (Wildman–Crippen LogP) is 3.70. The first kappa shape index (κ1) is 17.0. The maximum absolute atomic E-state index is 12.8. The number of hydrogen-bond donors (Lipinski definition) is 1. The lowest BCUT2D eigenvalue weighted by Crippen LogP contribution is -2.39. The molecular weight excluding hydrogens is 302 g/mol. The molecule has 1 aromatic carbocycles. The van der Waals surface area contributed by atoms with Gasteiger partial charge in [-0.05, 0) is 68.6 Å². The molecule has 2 fully saturated rings. The smallest absolute Gasteiger partial charge is 0.306 e. The summed E-state index contributed by atoms with van der Waals surface area (Å²) in [4.78, 5) is 24.5. The van der Waals surface area contributed by atoms with Crippen LogP contribution in [0, 0.1) is 17.8 Å². The molecule has 0 saturated heterocycles. The zero-order chi connectivity index (χ0) is 17.1. The zero-order valence-electron chi connectivity index (χ0n) is 14.4. The van der Waals surface area contributed by atoms with Gasteiger partial charge >= 0.3 is 5.97 Å². The van der Waals surface area contributed by atoms with E-state index in [0.29, 0.717) is 24.2 Å². The Morgan fingerprint density at radius 3 is 2.62 bits per heavy atom. The molecule has 24 heavy (non-hydrogen) atoms. The van der Waals surface area contributed by atoms with Crippen molar-refractivity contribution in [3.63, 3.8) is 0 Å². The zero-order valence-corrected chi connectivity index (χ0v) is 14.4. The standard InChI is InChI=1S/C20H27NO3/c1-2-24-19(22)12-16-4-3-15-11-14(7-10-18(15)20(16)23)13-5-8-17(21)9-6-13/h5-6,8-9,14-16,18H,2-4,7,10-12,21H2,1H3. The molecule has 2 N–H and O–H groups in total. The number of rotatable bonds is 4. The average Bonchev–Trinajstić information content (AvgIpc) is 2.58. The third kappa shape index (κ3) is 3.63. The van der Waals surface area contributed by atoms with Crippen molar-refractivity contribution >= 4 is 17.4 Å². The highest BCUT2D eigenvalue weighted by atomic mass is 16.5. The van der Waals surface area contributed by atoms with Gasteiger partial charge in [0.25, 0.3) is 0 Å². The highest BCUT2D eigenvalue weighted by Crippen LogP contribution is 2.46. The lowest BCUT2D eigenvalue weighted by Gasteiger charge is -2.41. The minimum absolute atomic E-state index is 0.127. The Morgan fingerprint density at radius 2 is 1.92 bits per heavy atom. The molecule has 3 rings (SSSR count). The van der Waals surface area contributed by atoms with Crippen molar-refractivity contribution in [1.82, 2.24) is 0 Å². The molecule has 0 spiro atoms. The van der Waals surface area contributed by atoms with Crippen molar-refractivity contribution in [2.24, 2.45) is 17.8 Å². The van der Waals surface area contributed by atoms with Crippen molar-refractivity contribution in [3.05, 3.63) is 29.8 Å². The van der Waals surface area contributed by atoms with E-state index in [1.54, 1.807) is 6.92 Å². The second-order valence-electron chi connectivity index (χ2n) is 7.23. The molecule has 0 heterocycles. The molecule has 2 aliphatic carbocycles. The van der Waals surface area contributed by atoms with Gasteiger partial charge in [0.05, 0.1) is 13.0 Å². The van der Waals surface area contributed by atoms with Gasteiger partial charge in [0.15, 0.2) is 0 Å². The minimum Gasteiger partial charge on any atom is -0.466 e. The molecular formula is C20H27NO3. The van der Waals surface area contributed by atoms with Crippen molar-refractivity contribution in [1.29, 1.82) is 0 Å². The number of benzene rings is 1. The highest BCUT2D eigenvalue weighted by molar-refractivity contribution is 5.88. The van der Waals surface area contributed by atoms with Crippen LogP contribution in [0.3, 0.4) is 0 Å². The van der Waals surface area contributed by atoms with E-state index in [9.17, 15) is 9.59 Å². The number of ketones is 1. The summed E-state index contributed by atoms with van der Waals surface area (Å²) in [5, 5.41) is 0. The summed E-state index contributed by atoms with van der Waals surface area (Å²) < 4.78 is 5.01. The fraction of sp³-hybridized carbons (Fsp3) is 0.600. The first-order valence-electron chi connectivity index (χ1n) is 9.13. The molecule has 2 saturated carbocycles. The number of esters is 1. The van der Waals surface area contributed by atoms with Crippen LogP contribution in [-0.4, -0.2) is 18.4 Å². The molecule has 2 aliphatic rings. The van der Waals surface area contributed by atoms with Crippen LogP contribution in [-0.2, 0) is 14.3 Å². The van der Waals surface area contributed by atoms with Crippen molar-refractivity contribution < 1.29 is 14.3 Å². The molecule has 4 atom stereocenters. The number of nitrogens with two attached hydrogens (primary N) is 1. The molecule has 0 aromatic heterocycles. The SMILES string of the molecule is CCOC(=O)CC1CCC2CC(c3ccc(N)cc3)CCC2C1=O. The van der Waals surface area contributed by atoms with E-state index in [4.69, 9.17) is 10.5 Å². The largest absolute Gasteiger partial charge is 0.466 e. The molecule has 4 heteroatoms. The van der Waals surface area contributed by atoms with Gasteiger partial charge in [-0.3, -0.25) is 9.59 Å². The van der Waals surface area contributed by atoms with Gasteiger partial charge in [0, 0.05) is 17.5 Å². The Bertz CT molecular complexity index is 595. The number of nitrogen functional groups attached to an aromatic ring is 1. The number of Topliss-reactive ketones (excluding diaryl/α,β-unsaturated/α-hetero) is 1. The minimum atomic E-state index is -0.232. The number of ether oxygens (including phenoxy) is 1. The van der Waals surface area contributed by atoms with Gasteiger partial charge in [-0.1, -0.05) is 12.1 Å². The van der Waals surface area contributed by atoms with Crippen LogP contribution >= 0.6 is 0 Å². The van der Waals surface area contributed by atoms with Crippen LogP contribution < -0.4 is 5.73 Å². The lowest BCUT2D eigenvalue weighted by atomic mass is 9.63. The molecule has 1 aromatic rings. The summed E-state index contributed by atoms with van der Waals surface area (Å²) >= 11 is 0. The van der Waals surface area contributed by atoms with E-state index in [-0.39, 0.29) is 24.2 Å². The summed E-state index contributed by atoms with van der Waals surface area (Å²) in [6.45, 7) is 2.18. The van der Waals surface area contributed by atoms with E-state index >= 15 is 0 Å². The first-order valence-corrected chi connectivity index (χ1v) is 9.13. The Kier molecular flexibility index (Phi) is 5.22. The Labute approximate surface area is 143 Å². The first-order chi connectivity index (χ1) is 11.6. The third-order valence-corrected chi connectivity index (χ3v) is 5.76. The maximum atomic E-state index is 12.8. The van der Waals surface area contributed by atoms with Crippen molar-refractivity contribution in [2.75, 3.05) is 12.3 Å². The molecule has 0 amide bonds. The topological polar surface area (TPSA) is 69.4 Å². The Hall–Kier alpha value is -1.84. The summed E-state index contributed by atoms with van der Waals surface area (Å²) in [7, 11) is 0. The maximum Gasteiger partial charge on any atom is 0.306 e. The van der Waals surface area contributed by atoms with E-state index in [1.165, 1.54) is 5.56 Å². The second kappa shape index (κ2) is 7.37. The quantitative estimate of drug-likeness (QED) is 0.675. The van der Waals surface area contributed by atoms with Crippen LogP contribution in [0.5, 0.6) is 0 Å². The van der Waals surface area contributed by atoms with Crippen LogP contribution in [0.25, 0.3) is 0 Å². The van der Waals surface area contributed by atoms with E-state index < -0.39 is 0 Å². The van der Waals surface area contributed by atoms with Gasteiger partial charge in [0.2, 0.25) is 0 Å². The monoisotopic (exact) mass is 329 g/mol. The van der Waals surface area contributed by atoms with Crippen LogP contribution in [0.4, 0.5) is 5.69 Å².